The van der Waals surface area contributed by atoms with Crippen LogP contribution in [0.25, 0.3) is 0 Å². The number of nitrogens with two attached hydrogens (primary N) is 1. The van der Waals surface area contributed by atoms with Crippen molar-refractivity contribution in [3.05, 3.63) is 51.5 Å². The Hall–Kier alpha value is -1.58. The highest BCUT2D eigenvalue weighted by Crippen LogP contribution is 2.34. The van der Waals surface area contributed by atoms with E-state index in [9.17, 15) is 0 Å². The highest BCUT2D eigenvalue weighted by Gasteiger charge is 2.23. The van der Waals surface area contributed by atoms with Crippen LogP contribution in [0.2, 0.25) is 10.0 Å². The van der Waals surface area contributed by atoms with Gasteiger partial charge in [-0.3, -0.25) is 0 Å². The quantitative estimate of drug-likeness (QED) is 0.858. The van der Waals surface area contributed by atoms with Crippen LogP contribution in [-0.2, 0) is 6.42 Å². The summed E-state index contributed by atoms with van der Waals surface area (Å²) in [4.78, 5) is 0. The van der Waals surface area contributed by atoms with Gasteiger partial charge in [-0.15, -0.1) is 0 Å². The SMILES string of the molecule is Cc1ccc2c(c1)CC(COc1cc(Cl)c(Cl)cc1N)O2. The number of halogens is 2. The number of aryl methyl sites for hydroxylation is 1. The average molecular weight is 324 g/mol. The van der Waals surface area contributed by atoms with E-state index in [0.717, 1.165) is 12.2 Å². The van der Waals surface area contributed by atoms with Crippen molar-refractivity contribution in [2.45, 2.75) is 19.4 Å². The fourth-order valence-corrected chi connectivity index (χ4v) is 2.72. The summed E-state index contributed by atoms with van der Waals surface area (Å²) in [5, 5.41) is 0.841. The van der Waals surface area contributed by atoms with Gasteiger partial charge in [-0.1, -0.05) is 40.9 Å². The van der Waals surface area contributed by atoms with Crippen molar-refractivity contribution in [3.63, 3.8) is 0 Å². The standard InChI is InChI=1S/C16H15Cl2NO2/c1-9-2-3-15-10(4-9)5-11(21-15)8-20-16-7-13(18)12(17)6-14(16)19/h2-4,6-7,11H,5,8,19H2,1H3. The van der Waals surface area contributed by atoms with Crippen LogP contribution in [0.4, 0.5) is 5.69 Å². The van der Waals surface area contributed by atoms with E-state index in [1.807, 2.05) is 12.1 Å². The Bertz CT molecular complexity index is 688. The fraction of sp³-hybridized carbons (Fsp3) is 0.250. The van der Waals surface area contributed by atoms with Gasteiger partial charge in [0.05, 0.1) is 15.7 Å². The molecule has 0 fully saturated rings. The van der Waals surface area contributed by atoms with Crippen LogP contribution in [0, 0.1) is 6.92 Å². The Labute approximate surface area is 133 Å². The minimum Gasteiger partial charge on any atom is -0.487 e. The fourth-order valence-electron chi connectivity index (χ4n) is 2.39. The molecule has 110 valence electrons. The van der Waals surface area contributed by atoms with E-state index in [4.69, 9.17) is 38.4 Å². The first-order valence-electron chi connectivity index (χ1n) is 6.66. The molecule has 0 amide bonds. The molecule has 0 aliphatic carbocycles. The number of nitrogen functional groups attached to an aromatic ring is 1. The summed E-state index contributed by atoms with van der Waals surface area (Å²) in [6, 6.07) is 9.40. The van der Waals surface area contributed by atoms with Crippen LogP contribution >= 0.6 is 23.2 Å². The van der Waals surface area contributed by atoms with Gasteiger partial charge >= 0.3 is 0 Å². The van der Waals surface area contributed by atoms with Gasteiger partial charge in [-0.05, 0) is 24.6 Å². The number of anilines is 1. The van der Waals surface area contributed by atoms with E-state index >= 15 is 0 Å². The molecule has 1 aliphatic heterocycles. The molecule has 0 saturated carbocycles. The van der Waals surface area contributed by atoms with Gasteiger partial charge in [0.25, 0.3) is 0 Å². The minimum atomic E-state index is -0.0179. The summed E-state index contributed by atoms with van der Waals surface area (Å²) in [7, 11) is 0. The van der Waals surface area contributed by atoms with Crippen molar-refractivity contribution < 1.29 is 9.47 Å². The first-order valence-corrected chi connectivity index (χ1v) is 7.42. The second-order valence-electron chi connectivity index (χ2n) is 5.17. The Morgan fingerprint density at radius 3 is 2.81 bits per heavy atom. The number of hydrogen-bond acceptors (Lipinski definition) is 3. The molecule has 2 aromatic carbocycles. The highest BCUT2D eigenvalue weighted by molar-refractivity contribution is 6.42. The van der Waals surface area contributed by atoms with E-state index in [0.29, 0.717) is 28.1 Å². The van der Waals surface area contributed by atoms with Crippen LogP contribution in [0.1, 0.15) is 11.1 Å². The monoisotopic (exact) mass is 323 g/mol. The van der Waals surface area contributed by atoms with Gasteiger partial charge in [0.15, 0.2) is 0 Å². The van der Waals surface area contributed by atoms with E-state index in [2.05, 4.69) is 13.0 Å². The second kappa shape index (κ2) is 5.66. The lowest BCUT2D eigenvalue weighted by atomic mass is 10.1. The van der Waals surface area contributed by atoms with E-state index in [1.165, 1.54) is 11.1 Å². The number of hydrogen-bond donors (Lipinski definition) is 1. The third kappa shape index (κ3) is 3.04. The van der Waals surface area contributed by atoms with Gasteiger partial charge in [0.2, 0.25) is 0 Å². The maximum Gasteiger partial charge on any atom is 0.143 e. The van der Waals surface area contributed by atoms with Gasteiger partial charge in [-0.2, -0.15) is 0 Å². The summed E-state index contributed by atoms with van der Waals surface area (Å²) < 4.78 is 11.6. The summed E-state index contributed by atoms with van der Waals surface area (Å²) in [5.74, 6) is 1.46. The summed E-state index contributed by atoms with van der Waals surface area (Å²) in [6.45, 7) is 2.48. The molecule has 0 bridgehead atoms. The lowest BCUT2D eigenvalue weighted by Gasteiger charge is -2.14. The van der Waals surface area contributed by atoms with E-state index < -0.39 is 0 Å². The second-order valence-corrected chi connectivity index (χ2v) is 5.98. The Balaban J connectivity index is 1.66. The molecule has 2 N–H and O–H groups in total. The maximum absolute atomic E-state index is 5.97. The molecule has 0 saturated heterocycles. The molecule has 5 heteroatoms. The van der Waals surface area contributed by atoms with Crippen molar-refractivity contribution in [2.75, 3.05) is 12.3 Å². The Morgan fingerprint density at radius 2 is 2.00 bits per heavy atom. The van der Waals surface area contributed by atoms with Crippen LogP contribution in [0.15, 0.2) is 30.3 Å². The van der Waals surface area contributed by atoms with Gasteiger partial charge in [0.1, 0.15) is 24.2 Å². The number of fused-ring (bicyclic) bond motifs is 1. The van der Waals surface area contributed by atoms with Crippen molar-refractivity contribution in [2.24, 2.45) is 0 Å². The molecule has 3 rings (SSSR count). The maximum atomic E-state index is 5.97. The summed E-state index contributed by atoms with van der Waals surface area (Å²) in [6.07, 6.45) is 0.814. The number of benzene rings is 2. The summed E-state index contributed by atoms with van der Waals surface area (Å²) >= 11 is 11.9. The molecule has 2 aromatic rings. The molecular formula is C16H15Cl2NO2. The zero-order valence-corrected chi connectivity index (χ0v) is 13.0. The molecule has 1 unspecified atom stereocenters. The smallest absolute Gasteiger partial charge is 0.143 e. The van der Waals surface area contributed by atoms with Gasteiger partial charge in [0, 0.05) is 12.5 Å². The van der Waals surface area contributed by atoms with Crippen LogP contribution in [0.5, 0.6) is 11.5 Å². The molecule has 1 aliphatic rings. The van der Waals surface area contributed by atoms with Crippen molar-refractivity contribution >= 4 is 28.9 Å². The first kappa shape index (κ1) is 14.4. The number of rotatable bonds is 3. The molecule has 0 spiro atoms. The zero-order chi connectivity index (χ0) is 15.0. The minimum absolute atomic E-state index is 0.0179. The molecule has 1 heterocycles. The largest absolute Gasteiger partial charge is 0.487 e. The van der Waals surface area contributed by atoms with Crippen LogP contribution in [-0.4, -0.2) is 12.7 Å². The predicted octanol–water partition coefficient (Wildman–Crippen LogP) is 4.27. The predicted molar refractivity (Wildman–Crippen MR) is 85.7 cm³/mol. The van der Waals surface area contributed by atoms with E-state index in [1.54, 1.807) is 12.1 Å². The molecule has 0 aromatic heterocycles. The highest BCUT2D eigenvalue weighted by atomic mass is 35.5. The van der Waals surface area contributed by atoms with Gasteiger partial charge in [-0.25, -0.2) is 0 Å². The Kier molecular flexibility index (Phi) is 3.87. The topological polar surface area (TPSA) is 44.5 Å². The normalized spacial score (nSPS) is 16.4. The van der Waals surface area contributed by atoms with Crippen molar-refractivity contribution in [1.29, 1.82) is 0 Å². The molecule has 21 heavy (non-hydrogen) atoms. The molecular weight excluding hydrogens is 309 g/mol. The van der Waals surface area contributed by atoms with Crippen molar-refractivity contribution in [1.82, 2.24) is 0 Å². The third-order valence-electron chi connectivity index (χ3n) is 3.43. The lowest BCUT2D eigenvalue weighted by molar-refractivity contribution is 0.149. The number of ether oxygens (including phenoxy) is 2. The molecule has 3 nitrogen and oxygen atoms in total. The van der Waals surface area contributed by atoms with Gasteiger partial charge < -0.3 is 15.2 Å². The first-order chi connectivity index (χ1) is 10.0. The van der Waals surface area contributed by atoms with Crippen LogP contribution < -0.4 is 15.2 Å². The third-order valence-corrected chi connectivity index (χ3v) is 4.16. The summed E-state index contributed by atoms with van der Waals surface area (Å²) in [5.41, 5.74) is 8.78. The molecule has 1 atom stereocenters. The Morgan fingerprint density at radius 1 is 1.24 bits per heavy atom. The molecule has 0 radical (unpaired) electrons. The lowest BCUT2D eigenvalue weighted by Crippen LogP contribution is -2.22. The average Bonchev–Trinajstić information content (AvgIpc) is 2.83. The van der Waals surface area contributed by atoms with Crippen LogP contribution in [0.3, 0.4) is 0 Å². The van der Waals surface area contributed by atoms with Crippen molar-refractivity contribution in [3.8, 4) is 11.5 Å². The van der Waals surface area contributed by atoms with E-state index in [-0.39, 0.29) is 6.10 Å². The zero-order valence-electron chi connectivity index (χ0n) is 11.5.